The maximum atomic E-state index is 12.1. The number of aryl methyl sites for hydroxylation is 1. The third kappa shape index (κ3) is 2.45. The van der Waals surface area contributed by atoms with Crippen molar-refractivity contribution in [1.82, 2.24) is 9.97 Å². The van der Waals surface area contributed by atoms with E-state index < -0.39 is 0 Å². The molecule has 0 saturated heterocycles. The van der Waals surface area contributed by atoms with Crippen molar-refractivity contribution in [2.45, 2.75) is 32.1 Å². The number of benzene rings is 1. The van der Waals surface area contributed by atoms with Crippen LogP contribution in [0.3, 0.4) is 0 Å². The van der Waals surface area contributed by atoms with E-state index in [9.17, 15) is 4.79 Å². The zero-order valence-electron chi connectivity index (χ0n) is 10.7. The molecule has 0 unspecified atom stereocenters. The molecule has 1 fully saturated rings. The van der Waals surface area contributed by atoms with Gasteiger partial charge >= 0.3 is 0 Å². The van der Waals surface area contributed by atoms with E-state index in [1.54, 1.807) is 0 Å². The average Bonchev–Trinajstić information content (AvgIpc) is 3.26. The number of rotatable bonds is 3. The fourth-order valence-electron chi connectivity index (χ4n) is 2.29. The highest BCUT2D eigenvalue weighted by Gasteiger charge is 2.29. The van der Waals surface area contributed by atoms with Crippen LogP contribution < -0.4 is 5.56 Å². The zero-order chi connectivity index (χ0) is 13.4. The number of hydrogen-bond acceptors (Lipinski definition) is 2. The van der Waals surface area contributed by atoms with Crippen molar-refractivity contribution in [3.8, 4) is 11.4 Å². The van der Waals surface area contributed by atoms with Gasteiger partial charge < -0.3 is 4.98 Å². The molecular formula is C15H15IN2O. The minimum Gasteiger partial charge on any atom is -0.306 e. The van der Waals surface area contributed by atoms with E-state index in [0.29, 0.717) is 11.7 Å². The molecular weight excluding hydrogens is 351 g/mol. The quantitative estimate of drug-likeness (QED) is 0.846. The second kappa shape index (κ2) is 5.07. The summed E-state index contributed by atoms with van der Waals surface area (Å²) in [5.41, 5.74) is 3.22. The van der Waals surface area contributed by atoms with Gasteiger partial charge in [0.1, 0.15) is 5.82 Å². The summed E-state index contributed by atoms with van der Waals surface area (Å²) in [4.78, 5) is 19.7. The molecule has 3 rings (SSSR count). The second-order valence-electron chi connectivity index (χ2n) is 4.90. The molecule has 0 bridgehead atoms. The average molecular weight is 366 g/mol. The Morgan fingerprint density at radius 1 is 1.37 bits per heavy atom. The Balaban J connectivity index is 2.17. The maximum Gasteiger partial charge on any atom is 0.264 e. The molecule has 19 heavy (non-hydrogen) atoms. The highest BCUT2D eigenvalue weighted by Crippen LogP contribution is 2.40. The SMILES string of the molecule is CCc1ccccc1-c1nc(C2CC2)c(I)c(=O)[nH]1. The van der Waals surface area contributed by atoms with E-state index in [4.69, 9.17) is 4.98 Å². The lowest BCUT2D eigenvalue weighted by molar-refractivity contribution is 0.954. The van der Waals surface area contributed by atoms with Crippen molar-refractivity contribution < 1.29 is 0 Å². The van der Waals surface area contributed by atoms with Crippen molar-refractivity contribution in [2.24, 2.45) is 0 Å². The van der Waals surface area contributed by atoms with Gasteiger partial charge in [0, 0.05) is 11.5 Å². The van der Waals surface area contributed by atoms with Crippen molar-refractivity contribution >= 4 is 22.6 Å². The Labute approximate surface area is 125 Å². The molecule has 0 atom stereocenters. The van der Waals surface area contributed by atoms with Crippen LogP contribution in [0, 0.1) is 3.57 Å². The van der Waals surface area contributed by atoms with Crippen LogP contribution in [0.15, 0.2) is 29.1 Å². The molecule has 0 spiro atoms. The van der Waals surface area contributed by atoms with Crippen LogP contribution >= 0.6 is 22.6 Å². The standard InChI is InChI=1S/C15H15IN2O/c1-2-9-5-3-4-6-11(9)14-17-13(10-7-8-10)12(16)15(19)18-14/h3-6,10H,2,7-8H2,1H3,(H,17,18,19). The molecule has 98 valence electrons. The molecule has 2 aromatic rings. The maximum absolute atomic E-state index is 12.1. The van der Waals surface area contributed by atoms with E-state index in [2.05, 4.69) is 40.6 Å². The molecule has 1 heterocycles. The van der Waals surface area contributed by atoms with Crippen LogP contribution in [-0.2, 0) is 6.42 Å². The highest BCUT2D eigenvalue weighted by molar-refractivity contribution is 14.1. The van der Waals surface area contributed by atoms with Crippen molar-refractivity contribution in [2.75, 3.05) is 0 Å². The first kappa shape index (κ1) is 12.8. The normalized spacial score (nSPS) is 14.6. The van der Waals surface area contributed by atoms with Gasteiger partial charge in [0.15, 0.2) is 0 Å². The second-order valence-corrected chi connectivity index (χ2v) is 5.98. The lowest BCUT2D eigenvalue weighted by Gasteiger charge is -2.09. The van der Waals surface area contributed by atoms with Crippen molar-refractivity contribution in [3.63, 3.8) is 0 Å². The lowest BCUT2D eigenvalue weighted by Crippen LogP contribution is -2.16. The first-order valence-corrected chi connectivity index (χ1v) is 7.66. The number of nitrogens with one attached hydrogen (secondary N) is 1. The molecule has 1 N–H and O–H groups in total. The van der Waals surface area contributed by atoms with Crippen molar-refractivity contribution in [1.29, 1.82) is 0 Å². The van der Waals surface area contributed by atoms with E-state index in [0.717, 1.165) is 34.1 Å². The summed E-state index contributed by atoms with van der Waals surface area (Å²) in [7, 11) is 0. The zero-order valence-corrected chi connectivity index (χ0v) is 12.9. The largest absolute Gasteiger partial charge is 0.306 e. The molecule has 1 aliphatic carbocycles. The number of halogens is 1. The molecule has 1 aliphatic rings. The molecule has 1 aromatic carbocycles. The van der Waals surface area contributed by atoms with Gasteiger partial charge in [-0.25, -0.2) is 4.98 Å². The summed E-state index contributed by atoms with van der Waals surface area (Å²) in [6, 6.07) is 8.13. The number of H-pyrrole nitrogens is 1. The van der Waals surface area contributed by atoms with Gasteiger partial charge in [0.25, 0.3) is 5.56 Å². The minimum absolute atomic E-state index is 0.0154. The molecule has 1 aromatic heterocycles. The van der Waals surface area contributed by atoms with Crippen LogP contribution in [-0.4, -0.2) is 9.97 Å². The van der Waals surface area contributed by atoms with E-state index >= 15 is 0 Å². The predicted molar refractivity (Wildman–Crippen MR) is 84.4 cm³/mol. The Morgan fingerprint density at radius 2 is 2.11 bits per heavy atom. The third-order valence-electron chi connectivity index (χ3n) is 3.51. The number of aromatic nitrogens is 2. The monoisotopic (exact) mass is 366 g/mol. The molecule has 0 amide bonds. The summed E-state index contributed by atoms with van der Waals surface area (Å²) in [5, 5.41) is 0. The third-order valence-corrected chi connectivity index (χ3v) is 4.55. The summed E-state index contributed by atoms with van der Waals surface area (Å²) >= 11 is 2.11. The van der Waals surface area contributed by atoms with Gasteiger partial charge in [-0.15, -0.1) is 0 Å². The van der Waals surface area contributed by atoms with E-state index in [-0.39, 0.29) is 5.56 Å². The first-order valence-electron chi connectivity index (χ1n) is 6.58. The number of nitrogens with zero attached hydrogens (tertiary/aromatic N) is 1. The van der Waals surface area contributed by atoms with Crippen LogP contribution in [0.5, 0.6) is 0 Å². The molecule has 4 heteroatoms. The van der Waals surface area contributed by atoms with Gasteiger partial charge in [-0.05, 0) is 47.4 Å². The minimum atomic E-state index is -0.0154. The van der Waals surface area contributed by atoms with Crippen LogP contribution in [0.2, 0.25) is 0 Å². The summed E-state index contributed by atoms with van der Waals surface area (Å²) < 4.78 is 0.748. The Morgan fingerprint density at radius 3 is 2.79 bits per heavy atom. The Bertz CT molecular complexity index is 674. The summed E-state index contributed by atoms with van der Waals surface area (Å²) in [6.07, 6.45) is 3.24. The number of aromatic amines is 1. The highest BCUT2D eigenvalue weighted by atomic mass is 127. The van der Waals surface area contributed by atoms with Gasteiger partial charge in [0.05, 0.1) is 9.26 Å². The van der Waals surface area contributed by atoms with Crippen LogP contribution in [0.25, 0.3) is 11.4 Å². The molecule has 3 nitrogen and oxygen atoms in total. The van der Waals surface area contributed by atoms with Gasteiger partial charge in [0.2, 0.25) is 0 Å². The smallest absolute Gasteiger partial charge is 0.264 e. The fourth-order valence-corrected chi connectivity index (χ4v) is 2.99. The Hall–Kier alpha value is -1.17. The van der Waals surface area contributed by atoms with E-state index in [1.165, 1.54) is 5.56 Å². The van der Waals surface area contributed by atoms with Crippen LogP contribution in [0.1, 0.15) is 36.9 Å². The topological polar surface area (TPSA) is 45.8 Å². The molecule has 1 saturated carbocycles. The van der Waals surface area contributed by atoms with E-state index in [1.807, 2.05) is 18.2 Å². The predicted octanol–water partition coefficient (Wildman–Crippen LogP) is 3.48. The van der Waals surface area contributed by atoms with Gasteiger partial charge in [-0.2, -0.15) is 0 Å². The molecule has 0 radical (unpaired) electrons. The molecule has 0 aliphatic heterocycles. The van der Waals surface area contributed by atoms with Gasteiger partial charge in [-0.3, -0.25) is 4.79 Å². The fraction of sp³-hybridized carbons (Fsp3) is 0.333. The number of hydrogen-bond donors (Lipinski definition) is 1. The first-order chi connectivity index (χ1) is 9.20. The van der Waals surface area contributed by atoms with Crippen molar-refractivity contribution in [3.05, 3.63) is 49.4 Å². The van der Waals surface area contributed by atoms with Gasteiger partial charge in [-0.1, -0.05) is 31.2 Å². The summed E-state index contributed by atoms with van der Waals surface area (Å²) in [5.74, 6) is 1.20. The summed E-state index contributed by atoms with van der Waals surface area (Å²) in [6.45, 7) is 2.12. The lowest BCUT2D eigenvalue weighted by atomic mass is 10.0. The Kier molecular flexibility index (Phi) is 3.43. The van der Waals surface area contributed by atoms with Crippen LogP contribution in [0.4, 0.5) is 0 Å².